The highest BCUT2D eigenvalue weighted by molar-refractivity contribution is 5.68. The maximum Gasteiger partial charge on any atom is 0.305 e. The number of carbonyl (C=O) groups excluding carboxylic acids is 1. The van der Waals surface area contributed by atoms with Crippen LogP contribution in [0.2, 0.25) is 0 Å². The van der Waals surface area contributed by atoms with Gasteiger partial charge in [0.1, 0.15) is 0 Å². The number of unbranched alkanes of at least 4 members (excludes halogenated alkanes) is 5. The molecule has 1 unspecified atom stereocenters. The second-order valence-corrected chi connectivity index (χ2v) is 6.61. The number of methoxy groups -OCH3 is 1. The number of benzene rings is 1. The smallest absolute Gasteiger partial charge is 0.305 e. The Bertz CT molecular complexity index is 508. The van der Waals surface area contributed by atoms with Gasteiger partial charge in [-0.1, -0.05) is 75.4 Å². The number of ether oxygens (including phenoxy) is 1. The van der Waals surface area contributed by atoms with Crippen molar-refractivity contribution in [2.75, 3.05) is 7.11 Å². The molecule has 3 nitrogen and oxygen atoms in total. The Labute approximate surface area is 153 Å². The quantitative estimate of drug-likeness (QED) is 0.389. The van der Waals surface area contributed by atoms with E-state index in [-0.39, 0.29) is 12.1 Å². The molecule has 0 spiro atoms. The molecule has 1 N–H and O–H groups in total. The van der Waals surface area contributed by atoms with E-state index in [0.717, 1.165) is 44.9 Å². The highest BCUT2D eigenvalue weighted by Gasteiger charge is 2.03. The Hall–Kier alpha value is -1.61. The number of carbonyl (C=O) groups is 1. The first kappa shape index (κ1) is 21.4. The van der Waals surface area contributed by atoms with E-state index in [1.807, 2.05) is 12.1 Å². The number of hydrogen-bond donors (Lipinski definition) is 1. The average molecular weight is 347 g/mol. The van der Waals surface area contributed by atoms with Gasteiger partial charge in [0.05, 0.1) is 13.2 Å². The van der Waals surface area contributed by atoms with E-state index in [9.17, 15) is 9.90 Å². The van der Waals surface area contributed by atoms with Crippen LogP contribution in [-0.4, -0.2) is 24.3 Å². The Morgan fingerprint density at radius 3 is 2.64 bits per heavy atom. The van der Waals surface area contributed by atoms with Crippen molar-refractivity contribution in [3.8, 4) is 0 Å². The minimum Gasteiger partial charge on any atom is -0.469 e. The lowest BCUT2D eigenvalue weighted by Gasteiger charge is -2.08. The van der Waals surface area contributed by atoms with Crippen LogP contribution in [0.25, 0.3) is 6.08 Å². The molecule has 0 bridgehead atoms. The fourth-order valence-electron chi connectivity index (χ4n) is 2.88. The van der Waals surface area contributed by atoms with Crippen LogP contribution in [0.3, 0.4) is 0 Å². The molecular formula is C22H34O3. The van der Waals surface area contributed by atoms with Crippen molar-refractivity contribution in [3.63, 3.8) is 0 Å². The van der Waals surface area contributed by atoms with Crippen LogP contribution in [0.15, 0.2) is 30.3 Å². The molecule has 140 valence electrons. The van der Waals surface area contributed by atoms with Gasteiger partial charge in [0.25, 0.3) is 0 Å². The zero-order valence-corrected chi connectivity index (χ0v) is 15.9. The molecular weight excluding hydrogens is 312 g/mol. The summed E-state index contributed by atoms with van der Waals surface area (Å²) in [5.41, 5.74) is 2.53. The summed E-state index contributed by atoms with van der Waals surface area (Å²) in [6.07, 6.45) is 13.7. The first-order valence-corrected chi connectivity index (χ1v) is 9.68. The predicted octanol–water partition coefficient (Wildman–Crippen LogP) is 5.31. The van der Waals surface area contributed by atoms with Crippen LogP contribution in [-0.2, 0) is 16.0 Å². The second kappa shape index (κ2) is 13.7. The van der Waals surface area contributed by atoms with Crippen molar-refractivity contribution in [1.29, 1.82) is 0 Å². The summed E-state index contributed by atoms with van der Waals surface area (Å²) in [5, 5.41) is 10.0. The summed E-state index contributed by atoms with van der Waals surface area (Å²) in [5.74, 6) is -0.118. The summed E-state index contributed by atoms with van der Waals surface area (Å²) in [4.78, 5) is 11.1. The number of aliphatic hydroxyl groups is 1. The zero-order valence-electron chi connectivity index (χ0n) is 15.9. The molecule has 0 aliphatic carbocycles. The van der Waals surface area contributed by atoms with Gasteiger partial charge >= 0.3 is 5.97 Å². The summed E-state index contributed by atoms with van der Waals surface area (Å²) >= 11 is 0. The molecule has 0 aromatic heterocycles. The molecule has 0 aliphatic rings. The van der Waals surface area contributed by atoms with Gasteiger partial charge in [-0.25, -0.2) is 0 Å². The van der Waals surface area contributed by atoms with Gasteiger partial charge in [0.2, 0.25) is 0 Å². The molecule has 1 aromatic carbocycles. The van der Waals surface area contributed by atoms with Crippen molar-refractivity contribution in [2.45, 2.75) is 77.2 Å². The van der Waals surface area contributed by atoms with Gasteiger partial charge in [-0.15, -0.1) is 0 Å². The largest absolute Gasteiger partial charge is 0.469 e. The Morgan fingerprint density at radius 1 is 1.12 bits per heavy atom. The summed E-state index contributed by atoms with van der Waals surface area (Å²) < 4.78 is 4.65. The summed E-state index contributed by atoms with van der Waals surface area (Å²) in [6, 6.07) is 8.39. The van der Waals surface area contributed by atoms with E-state index in [2.05, 4.69) is 35.9 Å². The third-order valence-electron chi connectivity index (χ3n) is 4.46. The lowest BCUT2D eigenvalue weighted by molar-refractivity contribution is -0.140. The Morgan fingerprint density at radius 2 is 1.88 bits per heavy atom. The number of hydrogen-bond acceptors (Lipinski definition) is 3. The van der Waals surface area contributed by atoms with E-state index in [0.29, 0.717) is 6.42 Å². The predicted molar refractivity (Wildman–Crippen MR) is 104 cm³/mol. The maximum atomic E-state index is 11.1. The van der Waals surface area contributed by atoms with E-state index in [1.165, 1.54) is 31.1 Å². The molecule has 0 amide bonds. The molecule has 0 aliphatic heterocycles. The van der Waals surface area contributed by atoms with Crippen LogP contribution in [0.4, 0.5) is 0 Å². The van der Waals surface area contributed by atoms with Crippen LogP contribution in [0, 0.1) is 0 Å². The lowest BCUT2D eigenvalue weighted by atomic mass is 9.99. The van der Waals surface area contributed by atoms with Crippen molar-refractivity contribution in [3.05, 3.63) is 41.5 Å². The summed E-state index contributed by atoms with van der Waals surface area (Å²) in [6.45, 7) is 2.17. The lowest BCUT2D eigenvalue weighted by Crippen LogP contribution is -2.01. The first-order chi connectivity index (χ1) is 12.2. The zero-order chi connectivity index (χ0) is 18.3. The molecule has 1 aromatic rings. The maximum absolute atomic E-state index is 11.1. The molecule has 0 fully saturated rings. The van der Waals surface area contributed by atoms with E-state index in [4.69, 9.17) is 0 Å². The Kier molecular flexibility index (Phi) is 11.7. The molecule has 0 radical (unpaired) electrons. The fourth-order valence-corrected chi connectivity index (χ4v) is 2.88. The van der Waals surface area contributed by atoms with Crippen molar-refractivity contribution in [1.82, 2.24) is 0 Å². The van der Waals surface area contributed by atoms with Crippen molar-refractivity contribution < 1.29 is 14.6 Å². The normalized spacial score (nSPS) is 12.4. The van der Waals surface area contributed by atoms with Crippen LogP contribution < -0.4 is 0 Å². The van der Waals surface area contributed by atoms with Gasteiger partial charge < -0.3 is 9.84 Å². The third-order valence-corrected chi connectivity index (χ3v) is 4.46. The highest BCUT2D eigenvalue weighted by Crippen LogP contribution is 2.16. The average Bonchev–Trinajstić information content (AvgIpc) is 2.63. The highest BCUT2D eigenvalue weighted by atomic mass is 16.5. The summed E-state index contributed by atoms with van der Waals surface area (Å²) in [7, 11) is 1.44. The number of esters is 1. The van der Waals surface area contributed by atoms with Crippen molar-refractivity contribution in [2.24, 2.45) is 0 Å². The first-order valence-electron chi connectivity index (χ1n) is 9.68. The van der Waals surface area contributed by atoms with Crippen molar-refractivity contribution >= 4 is 12.0 Å². The third kappa shape index (κ3) is 10.1. The fraction of sp³-hybridized carbons (Fsp3) is 0.591. The van der Waals surface area contributed by atoms with Gasteiger partial charge in [0, 0.05) is 6.42 Å². The van der Waals surface area contributed by atoms with Crippen LogP contribution >= 0.6 is 0 Å². The molecule has 0 saturated heterocycles. The van der Waals surface area contributed by atoms with E-state index >= 15 is 0 Å². The van der Waals surface area contributed by atoms with E-state index < -0.39 is 0 Å². The van der Waals surface area contributed by atoms with Gasteiger partial charge in [-0.2, -0.15) is 0 Å². The minimum absolute atomic E-state index is 0.118. The minimum atomic E-state index is -0.349. The van der Waals surface area contributed by atoms with Crippen LogP contribution in [0.5, 0.6) is 0 Å². The molecule has 0 heterocycles. The molecule has 0 saturated carbocycles. The number of aliphatic hydroxyl groups excluding tert-OH is 1. The molecule has 25 heavy (non-hydrogen) atoms. The van der Waals surface area contributed by atoms with Gasteiger partial charge in [0.15, 0.2) is 0 Å². The Balaban J connectivity index is 2.36. The van der Waals surface area contributed by atoms with Gasteiger partial charge in [-0.05, 0) is 36.8 Å². The number of rotatable bonds is 13. The number of aryl methyl sites for hydroxylation is 1. The standard InChI is InChI=1S/C22H34O3/c1-3-4-7-15-21(23)18-17-20-14-11-10-13-19(20)12-8-5-6-9-16-22(24)25-2/h10-11,13-14,17-18,21,23H,3-9,12,15-16H2,1-2H3/b18-17+. The topological polar surface area (TPSA) is 46.5 Å². The second-order valence-electron chi connectivity index (χ2n) is 6.61. The van der Waals surface area contributed by atoms with Crippen LogP contribution in [0.1, 0.15) is 75.8 Å². The van der Waals surface area contributed by atoms with E-state index in [1.54, 1.807) is 0 Å². The monoisotopic (exact) mass is 346 g/mol. The SMILES string of the molecule is CCCCCC(O)/C=C/c1ccccc1CCCCCCC(=O)OC. The molecule has 1 atom stereocenters. The molecule has 1 rings (SSSR count). The van der Waals surface area contributed by atoms with Gasteiger partial charge in [-0.3, -0.25) is 4.79 Å². The molecule has 3 heteroatoms.